The summed E-state index contributed by atoms with van der Waals surface area (Å²) in [6.45, 7) is 8.04. The summed E-state index contributed by atoms with van der Waals surface area (Å²) < 4.78 is 0. The van der Waals surface area contributed by atoms with Gasteiger partial charge in [0.1, 0.15) is 5.78 Å². The lowest BCUT2D eigenvalue weighted by Crippen LogP contribution is -2.76. The highest BCUT2D eigenvalue weighted by Gasteiger charge is 2.63. The minimum Gasteiger partial charge on any atom is -0.361 e. The van der Waals surface area contributed by atoms with Crippen molar-refractivity contribution in [2.24, 2.45) is 10.8 Å². The Bertz CT molecular complexity index is 807. The van der Waals surface area contributed by atoms with E-state index in [0.29, 0.717) is 11.9 Å². The van der Waals surface area contributed by atoms with E-state index < -0.39 is 0 Å². The molecule has 1 aromatic carbocycles. The number of hydrogen-bond donors (Lipinski definition) is 1. The summed E-state index contributed by atoms with van der Waals surface area (Å²) in [6, 6.07) is 8.55. The summed E-state index contributed by atoms with van der Waals surface area (Å²) in [5, 5.41) is 1.32. The highest BCUT2D eigenvalue weighted by atomic mass is 16.1. The van der Waals surface area contributed by atoms with Crippen molar-refractivity contribution in [1.82, 2.24) is 14.8 Å². The fraction of sp³-hybridized carbons (Fsp3) is 0.550. The minimum atomic E-state index is -0.186. The Kier molecular flexibility index (Phi) is 2.88. The summed E-state index contributed by atoms with van der Waals surface area (Å²) in [7, 11) is 0. The second-order valence-corrected chi connectivity index (χ2v) is 8.39. The number of para-hydroxylation sites is 1. The number of piperidine rings is 2. The Morgan fingerprint density at radius 1 is 1.17 bits per heavy atom. The molecule has 0 aliphatic carbocycles. The van der Waals surface area contributed by atoms with E-state index in [2.05, 4.69) is 59.1 Å². The molecule has 4 heteroatoms. The quantitative estimate of drug-likeness (QED) is 0.943. The van der Waals surface area contributed by atoms with Gasteiger partial charge in [0.2, 0.25) is 0 Å². The molecule has 4 bridgehead atoms. The van der Waals surface area contributed by atoms with Gasteiger partial charge in [0.05, 0.1) is 17.0 Å². The van der Waals surface area contributed by atoms with Crippen molar-refractivity contribution < 1.29 is 4.79 Å². The predicted octanol–water partition coefficient (Wildman–Crippen LogP) is 3.17. The molecule has 0 radical (unpaired) electrons. The molecular formula is C20H25N3O. The Labute approximate surface area is 142 Å². The normalized spacial score (nSPS) is 40.6. The fourth-order valence-electron chi connectivity index (χ4n) is 5.84. The largest absolute Gasteiger partial charge is 0.361 e. The first-order chi connectivity index (χ1) is 11.6. The highest BCUT2D eigenvalue weighted by molar-refractivity contribution is 5.93. The zero-order valence-corrected chi connectivity index (χ0v) is 14.5. The second kappa shape index (κ2) is 4.70. The van der Waals surface area contributed by atoms with Crippen molar-refractivity contribution >= 4 is 16.7 Å². The summed E-state index contributed by atoms with van der Waals surface area (Å²) in [6.07, 6.45) is 4.59. The van der Waals surface area contributed by atoms with Crippen LogP contribution in [-0.4, -0.2) is 46.7 Å². The van der Waals surface area contributed by atoms with Gasteiger partial charge < -0.3 is 4.98 Å². The van der Waals surface area contributed by atoms with Crippen LogP contribution in [0.15, 0.2) is 30.5 Å². The molecule has 6 rings (SSSR count). The van der Waals surface area contributed by atoms with E-state index >= 15 is 0 Å². The molecule has 126 valence electrons. The molecule has 0 spiro atoms. The first kappa shape index (κ1) is 14.7. The first-order valence-electron chi connectivity index (χ1n) is 9.15. The maximum Gasteiger partial charge on any atom is 0.150 e. The summed E-state index contributed by atoms with van der Waals surface area (Å²) in [4.78, 5) is 21.7. The molecule has 5 heterocycles. The number of fused-ring (bicyclic) bond motifs is 1. The SMILES string of the molecule is CCCC12CN3CC(C)(CN(C1)C3c1c[nH]c3ccccc13)C2=O. The van der Waals surface area contributed by atoms with E-state index in [0.717, 1.165) is 39.0 Å². The van der Waals surface area contributed by atoms with Crippen molar-refractivity contribution in [3.63, 3.8) is 0 Å². The third kappa shape index (κ3) is 1.73. The van der Waals surface area contributed by atoms with E-state index in [9.17, 15) is 4.79 Å². The van der Waals surface area contributed by atoms with Gasteiger partial charge in [-0.05, 0) is 12.5 Å². The molecule has 4 saturated heterocycles. The number of H-pyrrole nitrogens is 1. The average molecular weight is 323 g/mol. The van der Waals surface area contributed by atoms with Gasteiger partial charge in [0.25, 0.3) is 0 Å². The molecule has 4 nitrogen and oxygen atoms in total. The highest BCUT2D eigenvalue weighted by Crippen LogP contribution is 2.54. The Morgan fingerprint density at radius 2 is 1.88 bits per heavy atom. The number of carbonyl (C=O) groups is 1. The number of carbonyl (C=O) groups excluding carboxylic acids is 1. The molecule has 2 unspecified atom stereocenters. The molecule has 1 N–H and O–H groups in total. The number of hydrogen-bond acceptors (Lipinski definition) is 3. The Hall–Kier alpha value is -1.65. The number of ketones is 1. The first-order valence-corrected chi connectivity index (χ1v) is 9.15. The van der Waals surface area contributed by atoms with Crippen molar-refractivity contribution in [2.45, 2.75) is 32.9 Å². The number of nitrogens with zero attached hydrogens (tertiary/aromatic N) is 2. The van der Waals surface area contributed by atoms with Crippen LogP contribution in [0.4, 0.5) is 0 Å². The topological polar surface area (TPSA) is 39.3 Å². The van der Waals surface area contributed by atoms with Crippen LogP contribution in [0.3, 0.4) is 0 Å². The second-order valence-electron chi connectivity index (χ2n) is 8.39. The van der Waals surface area contributed by atoms with Crippen LogP contribution in [0.5, 0.6) is 0 Å². The fourth-order valence-corrected chi connectivity index (χ4v) is 5.84. The van der Waals surface area contributed by atoms with Gasteiger partial charge in [-0.1, -0.05) is 38.5 Å². The third-order valence-electron chi connectivity index (χ3n) is 6.47. The molecule has 4 aliphatic rings. The van der Waals surface area contributed by atoms with Crippen LogP contribution in [-0.2, 0) is 4.79 Å². The van der Waals surface area contributed by atoms with Crippen molar-refractivity contribution in [1.29, 1.82) is 0 Å². The molecule has 4 aliphatic heterocycles. The van der Waals surface area contributed by atoms with Crippen LogP contribution in [0.25, 0.3) is 10.9 Å². The number of Topliss-reactive ketones (excluding diaryl/α,β-unsaturated/α-hetero) is 1. The van der Waals surface area contributed by atoms with Crippen molar-refractivity contribution in [3.8, 4) is 0 Å². The maximum atomic E-state index is 13.2. The van der Waals surface area contributed by atoms with Crippen LogP contribution in [0.1, 0.15) is 38.4 Å². The number of aromatic nitrogens is 1. The summed E-state index contributed by atoms with van der Waals surface area (Å²) in [5.74, 6) is 0.529. The van der Waals surface area contributed by atoms with Gasteiger partial charge in [-0.3, -0.25) is 14.6 Å². The molecule has 24 heavy (non-hydrogen) atoms. The molecule has 4 fully saturated rings. The van der Waals surface area contributed by atoms with E-state index in [1.54, 1.807) is 0 Å². The summed E-state index contributed by atoms with van der Waals surface area (Å²) >= 11 is 0. The monoisotopic (exact) mass is 323 g/mol. The van der Waals surface area contributed by atoms with Crippen LogP contribution in [0.2, 0.25) is 0 Å². The van der Waals surface area contributed by atoms with Crippen LogP contribution >= 0.6 is 0 Å². The number of rotatable bonds is 3. The Balaban J connectivity index is 1.59. The van der Waals surface area contributed by atoms with Gasteiger partial charge in [0.15, 0.2) is 0 Å². The van der Waals surface area contributed by atoms with E-state index in [-0.39, 0.29) is 10.8 Å². The predicted molar refractivity (Wildman–Crippen MR) is 94.6 cm³/mol. The number of nitrogens with one attached hydrogen (secondary N) is 1. The molecule has 2 atom stereocenters. The smallest absolute Gasteiger partial charge is 0.150 e. The number of benzene rings is 1. The molecule has 2 aromatic rings. The van der Waals surface area contributed by atoms with Gasteiger partial charge in [-0.2, -0.15) is 0 Å². The lowest BCUT2D eigenvalue weighted by Gasteiger charge is -2.65. The lowest BCUT2D eigenvalue weighted by molar-refractivity contribution is -0.201. The van der Waals surface area contributed by atoms with Crippen LogP contribution in [0, 0.1) is 10.8 Å². The molecule has 1 aromatic heterocycles. The molecular weight excluding hydrogens is 298 g/mol. The van der Waals surface area contributed by atoms with Crippen molar-refractivity contribution in [2.75, 3.05) is 26.2 Å². The van der Waals surface area contributed by atoms with Gasteiger partial charge in [0, 0.05) is 48.8 Å². The average Bonchev–Trinajstić information content (AvgIpc) is 2.96. The summed E-state index contributed by atoms with van der Waals surface area (Å²) in [5.41, 5.74) is 2.25. The van der Waals surface area contributed by atoms with E-state index in [4.69, 9.17) is 0 Å². The van der Waals surface area contributed by atoms with Gasteiger partial charge in [-0.15, -0.1) is 0 Å². The van der Waals surface area contributed by atoms with Gasteiger partial charge >= 0.3 is 0 Å². The number of aromatic amines is 1. The molecule has 0 amide bonds. The Morgan fingerprint density at radius 3 is 2.58 bits per heavy atom. The third-order valence-corrected chi connectivity index (χ3v) is 6.47. The van der Waals surface area contributed by atoms with E-state index in [1.165, 1.54) is 16.5 Å². The van der Waals surface area contributed by atoms with Crippen LogP contribution < -0.4 is 0 Å². The van der Waals surface area contributed by atoms with Crippen molar-refractivity contribution in [3.05, 3.63) is 36.0 Å². The van der Waals surface area contributed by atoms with Gasteiger partial charge in [-0.25, -0.2) is 0 Å². The maximum absolute atomic E-state index is 13.2. The standard InChI is InChI=1S/C20H25N3O/c1-3-8-20-12-22-10-19(2,18(20)24)11-23(13-20)17(22)15-9-21-16-7-5-4-6-14(15)16/h4-7,9,17,21H,3,8,10-13H2,1-2H3. The zero-order valence-electron chi connectivity index (χ0n) is 14.5. The van der Waals surface area contributed by atoms with E-state index in [1.807, 2.05) is 0 Å². The molecule has 0 saturated carbocycles. The lowest BCUT2D eigenvalue weighted by atomic mass is 9.59. The minimum absolute atomic E-state index is 0.136. The zero-order chi connectivity index (χ0) is 16.5.